The summed E-state index contributed by atoms with van der Waals surface area (Å²) >= 11 is 0. The third kappa shape index (κ3) is 2.94. The number of aryl methyl sites for hydroxylation is 1. The molecule has 0 aromatic heterocycles. The van der Waals surface area contributed by atoms with Gasteiger partial charge in [-0.2, -0.15) is 17.6 Å². The van der Waals surface area contributed by atoms with Crippen LogP contribution in [0.1, 0.15) is 12.5 Å². The smallest absolute Gasteiger partial charge is 0.428 e. The number of nitrogens with one attached hydrogen (secondary N) is 1. The fourth-order valence-corrected chi connectivity index (χ4v) is 2.09. The van der Waals surface area contributed by atoms with E-state index in [2.05, 4.69) is 10.1 Å². The molecule has 1 atom stereocenters. The van der Waals surface area contributed by atoms with Crippen LogP contribution in [0.4, 0.5) is 28.0 Å². The Bertz CT molecular complexity index is 593. The molecule has 5 nitrogen and oxygen atoms in total. The van der Waals surface area contributed by atoms with Crippen LogP contribution in [0.5, 0.6) is 5.75 Å². The number of carbonyl (C=O) groups is 1. The van der Waals surface area contributed by atoms with Crippen molar-refractivity contribution in [2.24, 2.45) is 0 Å². The van der Waals surface area contributed by atoms with Gasteiger partial charge in [0.25, 0.3) is 0 Å². The molecule has 122 valence electrons. The Morgan fingerprint density at radius 2 is 2.09 bits per heavy atom. The molecule has 1 unspecified atom stereocenters. The number of rotatable bonds is 4. The molecule has 0 radical (unpaired) electrons. The Labute approximate surface area is 123 Å². The molecular formula is C13H14F4N2O3. The van der Waals surface area contributed by atoms with Crippen LogP contribution in [0.3, 0.4) is 0 Å². The highest BCUT2D eigenvalue weighted by Gasteiger charge is 2.44. The molecule has 2 rings (SSSR count). The lowest BCUT2D eigenvalue weighted by Gasteiger charge is -2.28. The molecule has 1 aliphatic heterocycles. The van der Waals surface area contributed by atoms with E-state index in [-0.39, 0.29) is 17.8 Å². The van der Waals surface area contributed by atoms with E-state index in [4.69, 9.17) is 0 Å². The van der Waals surface area contributed by atoms with E-state index in [9.17, 15) is 27.5 Å². The molecule has 22 heavy (non-hydrogen) atoms. The highest BCUT2D eigenvalue weighted by molar-refractivity contribution is 5.95. The quantitative estimate of drug-likeness (QED) is 0.837. The lowest BCUT2D eigenvalue weighted by molar-refractivity contribution is -0.253. The van der Waals surface area contributed by atoms with Gasteiger partial charge in [-0.1, -0.05) is 0 Å². The van der Waals surface area contributed by atoms with Crippen LogP contribution < -0.4 is 15.0 Å². The van der Waals surface area contributed by atoms with Crippen molar-refractivity contribution in [3.8, 4) is 5.75 Å². The highest BCUT2D eigenvalue weighted by atomic mass is 19.3. The summed E-state index contributed by atoms with van der Waals surface area (Å²) in [5.41, 5.74) is -1.14. The molecule has 0 aliphatic carbocycles. The van der Waals surface area contributed by atoms with Gasteiger partial charge in [0, 0.05) is 5.69 Å². The zero-order valence-electron chi connectivity index (χ0n) is 11.7. The average molecular weight is 322 g/mol. The maximum atomic E-state index is 12.9. The van der Waals surface area contributed by atoms with E-state index >= 15 is 0 Å². The van der Waals surface area contributed by atoms with Crippen LogP contribution in [0.15, 0.2) is 18.2 Å². The molecule has 1 fully saturated rings. The lowest BCUT2D eigenvalue weighted by atomic mass is 10.1. The first-order chi connectivity index (χ1) is 10.0. The number of anilines is 1. The van der Waals surface area contributed by atoms with Gasteiger partial charge >= 0.3 is 18.6 Å². The summed E-state index contributed by atoms with van der Waals surface area (Å²) in [6.07, 6.45) is -8.57. The van der Waals surface area contributed by atoms with Crippen molar-refractivity contribution in [3.63, 3.8) is 0 Å². The van der Waals surface area contributed by atoms with Crippen LogP contribution in [0.2, 0.25) is 0 Å². The van der Waals surface area contributed by atoms with Crippen molar-refractivity contribution in [1.82, 2.24) is 5.32 Å². The minimum Gasteiger partial charge on any atom is -0.428 e. The van der Waals surface area contributed by atoms with Crippen LogP contribution in [0, 0.1) is 6.92 Å². The number of aliphatic hydroxyl groups is 1. The minimum atomic E-state index is -4.61. The third-order valence-electron chi connectivity index (χ3n) is 3.18. The molecule has 1 heterocycles. The predicted molar refractivity (Wildman–Crippen MR) is 69.3 cm³/mol. The van der Waals surface area contributed by atoms with E-state index in [0.717, 1.165) is 11.0 Å². The Morgan fingerprint density at radius 1 is 1.45 bits per heavy atom. The Kier molecular flexibility index (Phi) is 3.94. The van der Waals surface area contributed by atoms with Gasteiger partial charge in [-0.3, -0.25) is 4.90 Å². The summed E-state index contributed by atoms with van der Waals surface area (Å²) in [6, 6.07) is 3.00. The Hall–Kier alpha value is -2.03. The largest absolute Gasteiger partial charge is 0.461 e. The predicted octanol–water partition coefficient (Wildman–Crippen LogP) is 2.47. The number of nitrogens with zero attached hydrogens (tertiary/aromatic N) is 1. The van der Waals surface area contributed by atoms with Crippen LogP contribution in [-0.2, 0) is 0 Å². The van der Waals surface area contributed by atoms with Crippen molar-refractivity contribution in [2.45, 2.75) is 32.1 Å². The second-order valence-corrected chi connectivity index (χ2v) is 5.13. The minimum absolute atomic E-state index is 0.00736. The molecular weight excluding hydrogens is 308 g/mol. The normalized spacial score (nSPS) is 22.2. The maximum Gasteiger partial charge on any atom is 0.461 e. The summed E-state index contributed by atoms with van der Waals surface area (Å²) in [5, 5.41) is 12.5. The van der Waals surface area contributed by atoms with E-state index in [0.29, 0.717) is 0 Å². The number of ether oxygens (including phenoxy) is 1. The van der Waals surface area contributed by atoms with Crippen LogP contribution in [-0.4, -0.2) is 35.9 Å². The summed E-state index contributed by atoms with van der Waals surface area (Å²) < 4.78 is 54.1. The van der Waals surface area contributed by atoms with E-state index < -0.39 is 30.0 Å². The number of amides is 2. The topological polar surface area (TPSA) is 61.8 Å². The lowest BCUT2D eigenvalue weighted by Crippen LogP contribution is -2.44. The second-order valence-electron chi connectivity index (χ2n) is 5.13. The number of hydrogen-bond donors (Lipinski definition) is 2. The van der Waals surface area contributed by atoms with Gasteiger partial charge in [-0.25, -0.2) is 4.79 Å². The summed E-state index contributed by atoms with van der Waals surface area (Å²) in [5.74, 6) is -0.437. The van der Waals surface area contributed by atoms with Gasteiger partial charge in [-0.05, 0) is 37.6 Å². The van der Waals surface area contributed by atoms with Gasteiger partial charge in [0.2, 0.25) is 0 Å². The summed E-state index contributed by atoms with van der Waals surface area (Å²) in [6.45, 7) is 2.76. The zero-order chi connectivity index (χ0) is 16.7. The summed E-state index contributed by atoms with van der Waals surface area (Å²) in [4.78, 5) is 12.7. The fourth-order valence-electron chi connectivity index (χ4n) is 2.09. The second kappa shape index (κ2) is 5.31. The zero-order valence-corrected chi connectivity index (χ0v) is 11.7. The SMILES string of the molecule is Cc1cc(N2C(=O)NCC2(C)O)ccc1OC(F)(F)C(F)F. The third-order valence-corrected chi connectivity index (χ3v) is 3.18. The number of β-amino-alcohol motifs (C(OH)–C–C–N with tert-alkyl or cyclic N) is 1. The number of benzene rings is 1. The molecule has 9 heteroatoms. The molecule has 2 amide bonds. The van der Waals surface area contributed by atoms with E-state index in [1.54, 1.807) is 0 Å². The highest BCUT2D eigenvalue weighted by Crippen LogP contribution is 2.34. The molecule has 0 bridgehead atoms. The molecule has 1 saturated heterocycles. The van der Waals surface area contributed by atoms with Gasteiger partial charge in [0.1, 0.15) is 5.75 Å². The van der Waals surface area contributed by atoms with Gasteiger partial charge in [0.15, 0.2) is 5.72 Å². The van der Waals surface area contributed by atoms with Crippen molar-refractivity contribution in [2.75, 3.05) is 11.4 Å². The fraction of sp³-hybridized carbons (Fsp3) is 0.462. The Balaban J connectivity index is 2.29. The van der Waals surface area contributed by atoms with Crippen molar-refractivity contribution >= 4 is 11.7 Å². The van der Waals surface area contributed by atoms with Crippen LogP contribution in [0.25, 0.3) is 0 Å². The van der Waals surface area contributed by atoms with Gasteiger partial charge < -0.3 is 15.2 Å². The number of hydrogen-bond acceptors (Lipinski definition) is 3. The van der Waals surface area contributed by atoms with Gasteiger partial charge in [-0.15, -0.1) is 0 Å². The number of alkyl halides is 4. The molecule has 2 N–H and O–H groups in total. The Morgan fingerprint density at radius 3 is 2.55 bits per heavy atom. The summed E-state index contributed by atoms with van der Waals surface area (Å²) in [7, 11) is 0. The average Bonchev–Trinajstić information content (AvgIpc) is 2.66. The van der Waals surface area contributed by atoms with Crippen LogP contribution >= 0.6 is 0 Å². The first kappa shape index (κ1) is 16.3. The van der Waals surface area contributed by atoms with Crippen molar-refractivity contribution in [1.29, 1.82) is 0 Å². The monoisotopic (exact) mass is 322 g/mol. The molecule has 0 spiro atoms. The van der Waals surface area contributed by atoms with Gasteiger partial charge in [0.05, 0.1) is 6.54 Å². The standard InChI is InChI=1S/C13H14F4N2O3/c1-7-5-8(19-11(20)18-6-12(19,2)21)3-4-9(7)22-13(16,17)10(14)15/h3-5,10,21H,6H2,1-2H3,(H,18,20). The van der Waals surface area contributed by atoms with E-state index in [1.165, 1.54) is 26.0 Å². The van der Waals surface area contributed by atoms with Crippen molar-refractivity contribution in [3.05, 3.63) is 23.8 Å². The first-order valence-electron chi connectivity index (χ1n) is 6.31. The van der Waals surface area contributed by atoms with Crippen molar-refractivity contribution < 1.29 is 32.2 Å². The maximum absolute atomic E-state index is 12.9. The molecule has 1 aromatic rings. The first-order valence-corrected chi connectivity index (χ1v) is 6.31. The number of carbonyl (C=O) groups excluding carboxylic acids is 1. The molecule has 1 aliphatic rings. The van der Waals surface area contributed by atoms with E-state index in [1.807, 2.05) is 0 Å². The number of halogens is 4. The molecule has 0 saturated carbocycles. The number of urea groups is 1. The molecule has 1 aromatic carbocycles.